The molecular weight excluding hydrogens is 555 g/mol. The number of ether oxygens (including phenoxy) is 2. The van der Waals surface area contributed by atoms with Crippen molar-refractivity contribution in [1.82, 2.24) is 4.57 Å². The summed E-state index contributed by atoms with van der Waals surface area (Å²) in [6.07, 6.45) is 1.80. The number of hydrogen-bond acceptors (Lipinski definition) is 6. The minimum atomic E-state index is -0.690. The zero-order valence-electron chi connectivity index (χ0n) is 21.2. The number of rotatable bonds is 7. The van der Waals surface area contributed by atoms with Gasteiger partial charge in [-0.2, -0.15) is 0 Å². The van der Waals surface area contributed by atoms with Crippen LogP contribution in [0.15, 0.2) is 93.9 Å². The maximum absolute atomic E-state index is 13.8. The van der Waals surface area contributed by atoms with Crippen molar-refractivity contribution in [2.75, 3.05) is 6.61 Å². The molecule has 1 aliphatic heterocycles. The highest BCUT2D eigenvalue weighted by molar-refractivity contribution is 7.07. The Labute approximate surface area is 239 Å². The molecule has 0 saturated carbocycles. The summed E-state index contributed by atoms with van der Waals surface area (Å²) in [6.45, 7) is 4.03. The van der Waals surface area contributed by atoms with Crippen molar-refractivity contribution < 1.29 is 14.3 Å². The number of hydrogen-bond donors (Lipinski definition) is 0. The van der Waals surface area contributed by atoms with Gasteiger partial charge in [-0.15, -0.1) is 0 Å². The highest BCUT2D eigenvalue weighted by Gasteiger charge is 2.33. The van der Waals surface area contributed by atoms with E-state index in [1.54, 1.807) is 36.6 Å². The predicted molar refractivity (Wildman–Crippen MR) is 154 cm³/mol. The monoisotopic (exact) mass is 578 g/mol. The van der Waals surface area contributed by atoms with E-state index in [9.17, 15) is 9.59 Å². The second-order valence-electron chi connectivity index (χ2n) is 8.81. The molecule has 0 bridgehead atoms. The summed E-state index contributed by atoms with van der Waals surface area (Å²) in [5.41, 5.74) is 2.99. The van der Waals surface area contributed by atoms with Gasteiger partial charge in [-0.05, 0) is 61.4 Å². The molecule has 3 aromatic carbocycles. The third-order valence-electron chi connectivity index (χ3n) is 6.21. The molecule has 4 aromatic rings. The van der Waals surface area contributed by atoms with E-state index in [0.717, 1.165) is 16.7 Å². The van der Waals surface area contributed by atoms with Crippen molar-refractivity contribution in [1.29, 1.82) is 0 Å². The zero-order valence-corrected chi connectivity index (χ0v) is 23.5. The van der Waals surface area contributed by atoms with Crippen LogP contribution in [0.25, 0.3) is 6.08 Å². The number of esters is 1. The lowest BCUT2D eigenvalue weighted by atomic mass is 9.96. The lowest BCUT2D eigenvalue weighted by molar-refractivity contribution is -0.139. The van der Waals surface area contributed by atoms with Gasteiger partial charge in [0.05, 0.1) is 28.5 Å². The number of thiazole rings is 1. The highest BCUT2D eigenvalue weighted by Crippen LogP contribution is 2.31. The van der Waals surface area contributed by atoms with Crippen LogP contribution in [0.1, 0.15) is 36.6 Å². The molecule has 39 heavy (non-hydrogen) atoms. The summed E-state index contributed by atoms with van der Waals surface area (Å²) in [5.74, 6) is 0.146. The average molecular weight is 580 g/mol. The van der Waals surface area contributed by atoms with Gasteiger partial charge < -0.3 is 9.47 Å². The number of fused-ring (bicyclic) bond motifs is 1. The van der Waals surface area contributed by atoms with E-state index >= 15 is 0 Å². The number of carbonyl (C=O) groups excluding carboxylic acids is 1. The molecule has 0 N–H and O–H groups in total. The molecule has 1 aromatic heterocycles. The van der Waals surface area contributed by atoms with Gasteiger partial charge in [0.15, 0.2) is 4.80 Å². The summed E-state index contributed by atoms with van der Waals surface area (Å²) in [7, 11) is 0. The van der Waals surface area contributed by atoms with Gasteiger partial charge in [-0.1, -0.05) is 77.0 Å². The third kappa shape index (κ3) is 5.71. The van der Waals surface area contributed by atoms with Gasteiger partial charge in [0.1, 0.15) is 12.4 Å². The molecule has 9 heteroatoms. The van der Waals surface area contributed by atoms with Crippen LogP contribution in [0, 0.1) is 0 Å². The number of allylic oxidation sites excluding steroid dienone is 1. The summed E-state index contributed by atoms with van der Waals surface area (Å²) >= 11 is 13.6. The maximum Gasteiger partial charge on any atom is 0.338 e. The average Bonchev–Trinajstić information content (AvgIpc) is 3.22. The van der Waals surface area contributed by atoms with E-state index in [4.69, 9.17) is 32.7 Å². The second-order valence-corrected chi connectivity index (χ2v) is 10.7. The van der Waals surface area contributed by atoms with Crippen molar-refractivity contribution in [3.63, 3.8) is 0 Å². The molecule has 1 atom stereocenters. The van der Waals surface area contributed by atoms with E-state index < -0.39 is 12.0 Å². The standard InChI is InChI=1S/C30H24Cl2N2O4S/c1-3-37-29(36)26-18(2)33-30-34(27(26)20-11-13-22(31)14-12-20)28(35)25(39-30)16-19-7-6-9-23(15-19)38-17-21-8-4-5-10-24(21)32/h4-16,27H,3,17H2,1-2H3/b25-16-/t27-/m0/s1. The molecule has 0 spiro atoms. The van der Waals surface area contributed by atoms with Crippen molar-refractivity contribution in [2.24, 2.45) is 4.99 Å². The number of benzene rings is 3. The van der Waals surface area contributed by atoms with Crippen molar-refractivity contribution in [3.05, 3.63) is 130 Å². The van der Waals surface area contributed by atoms with Gasteiger partial charge in [0.2, 0.25) is 0 Å². The smallest absolute Gasteiger partial charge is 0.338 e. The van der Waals surface area contributed by atoms with Crippen molar-refractivity contribution >= 4 is 46.6 Å². The van der Waals surface area contributed by atoms with Gasteiger partial charge in [0, 0.05) is 15.6 Å². The van der Waals surface area contributed by atoms with Crippen LogP contribution < -0.4 is 19.6 Å². The molecule has 5 rings (SSSR count). The first-order valence-electron chi connectivity index (χ1n) is 12.3. The fourth-order valence-corrected chi connectivity index (χ4v) is 5.74. The van der Waals surface area contributed by atoms with Crippen molar-refractivity contribution in [3.8, 4) is 5.75 Å². The fourth-order valence-electron chi connectivity index (χ4n) is 4.37. The molecule has 0 aliphatic carbocycles. The molecular formula is C30H24Cl2N2O4S. The van der Waals surface area contributed by atoms with Crippen LogP contribution >= 0.6 is 34.5 Å². The Kier molecular flexibility index (Phi) is 8.02. The first-order chi connectivity index (χ1) is 18.9. The van der Waals surface area contributed by atoms with Crippen LogP contribution in [-0.2, 0) is 16.1 Å². The second kappa shape index (κ2) is 11.6. The topological polar surface area (TPSA) is 69.9 Å². The normalized spacial score (nSPS) is 15.1. The van der Waals surface area contributed by atoms with Crippen LogP contribution in [0.2, 0.25) is 10.0 Å². The van der Waals surface area contributed by atoms with Gasteiger partial charge in [0.25, 0.3) is 5.56 Å². The van der Waals surface area contributed by atoms with E-state index in [1.165, 1.54) is 11.3 Å². The first-order valence-corrected chi connectivity index (χ1v) is 13.8. The minimum Gasteiger partial charge on any atom is -0.489 e. The van der Waals surface area contributed by atoms with Crippen LogP contribution in [0.5, 0.6) is 5.75 Å². The summed E-state index contributed by atoms with van der Waals surface area (Å²) < 4.78 is 13.3. The third-order valence-corrected chi connectivity index (χ3v) is 7.81. The van der Waals surface area contributed by atoms with Gasteiger partial charge in [-0.25, -0.2) is 9.79 Å². The summed E-state index contributed by atoms with van der Waals surface area (Å²) in [5, 5.41) is 1.20. The summed E-state index contributed by atoms with van der Waals surface area (Å²) in [4.78, 5) is 31.9. The van der Waals surface area contributed by atoms with E-state index in [2.05, 4.69) is 4.99 Å². The minimum absolute atomic E-state index is 0.211. The first kappa shape index (κ1) is 26.9. The molecule has 0 fully saturated rings. The number of nitrogens with zero attached hydrogens (tertiary/aromatic N) is 2. The Bertz CT molecular complexity index is 1760. The molecule has 2 heterocycles. The molecule has 0 radical (unpaired) electrons. The molecule has 6 nitrogen and oxygen atoms in total. The molecule has 0 saturated heterocycles. The molecule has 0 amide bonds. The fraction of sp³-hybridized carbons (Fsp3) is 0.167. The Balaban J connectivity index is 1.55. The van der Waals surface area contributed by atoms with E-state index in [0.29, 0.717) is 43.0 Å². The number of aromatic nitrogens is 1. The predicted octanol–water partition coefficient (Wildman–Crippen LogP) is 5.68. The Hall–Kier alpha value is -3.65. The van der Waals surface area contributed by atoms with Gasteiger partial charge in [-0.3, -0.25) is 9.36 Å². The largest absolute Gasteiger partial charge is 0.489 e. The molecule has 1 aliphatic rings. The SMILES string of the molecule is CCOC(=O)C1=C(C)N=c2s/c(=C\c3cccc(OCc4ccccc4Cl)c3)c(=O)n2[C@H]1c1ccc(Cl)cc1. The zero-order chi connectivity index (χ0) is 27.5. The van der Waals surface area contributed by atoms with E-state index in [-0.39, 0.29) is 12.2 Å². The van der Waals surface area contributed by atoms with Crippen LogP contribution in [0.4, 0.5) is 0 Å². The molecule has 0 unspecified atom stereocenters. The Morgan fingerprint density at radius 2 is 1.85 bits per heavy atom. The quantitative estimate of drug-likeness (QED) is 0.264. The van der Waals surface area contributed by atoms with Gasteiger partial charge >= 0.3 is 5.97 Å². The Morgan fingerprint density at radius 1 is 1.08 bits per heavy atom. The molecule has 198 valence electrons. The number of halogens is 2. The van der Waals surface area contributed by atoms with Crippen molar-refractivity contribution in [2.45, 2.75) is 26.5 Å². The highest BCUT2D eigenvalue weighted by atomic mass is 35.5. The van der Waals surface area contributed by atoms with E-state index in [1.807, 2.05) is 60.7 Å². The Morgan fingerprint density at radius 3 is 2.59 bits per heavy atom. The lowest BCUT2D eigenvalue weighted by Crippen LogP contribution is -2.39. The summed E-state index contributed by atoms with van der Waals surface area (Å²) in [6, 6.07) is 21.4. The lowest BCUT2D eigenvalue weighted by Gasteiger charge is -2.24. The maximum atomic E-state index is 13.8. The number of carbonyl (C=O) groups is 1. The van der Waals surface area contributed by atoms with Crippen LogP contribution in [-0.4, -0.2) is 17.1 Å². The van der Waals surface area contributed by atoms with Crippen LogP contribution in [0.3, 0.4) is 0 Å².